The largest absolute Gasteiger partial charge is 0.478 e. The van der Waals surface area contributed by atoms with Gasteiger partial charge in [-0.25, -0.2) is 4.79 Å². The van der Waals surface area contributed by atoms with E-state index in [1.807, 2.05) is 18.2 Å². The van der Waals surface area contributed by atoms with E-state index in [1.165, 1.54) is 17.8 Å². The minimum Gasteiger partial charge on any atom is -0.478 e. The van der Waals surface area contributed by atoms with Crippen LogP contribution in [0.3, 0.4) is 0 Å². The molecule has 0 saturated heterocycles. The van der Waals surface area contributed by atoms with E-state index in [0.717, 1.165) is 5.69 Å². The van der Waals surface area contributed by atoms with Gasteiger partial charge in [-0.05, 0) is 31.2 Å². The molecule has 2 N–H and O–H groups in total. The average Bonchev–Trinajstić information content (AvgIpc) is 2.48. The lowest BCUT2D eigenvalue weighted by atomic mass is 10.2. The lowest BCUT2D eigenvalue weighted by Gasteiger charge is -2.13. The quantitative estimate of drug-likeness (QED) is 0.829. The van der Waals surface area contributed by atoms with Gasteiger partial charge in [0.15, 0.2) is 0 Å². The van der Waals surface area contributed by atoms with Crippen LogP contribution >= 0.6 is 11.8 Å². The first-order valence-corrected chi connectivity index (χ1v) is 7.31. The fourth-order valence-corrected chi connectivity index (χ4v) is 2.74. The van der Waals surface area contributed by atoms with Gasteiger partial charge in [-0.3, -0.25) is 4.79 Å². The summed E-state index contributed by atoms with van der Waals surface area (Å²) in [5, 5.41) is 11.5. The van der Waals surface area contributed by atoms with Crippen LogP contribution in [0.2, 0.25) is 0 Å². The zero-order valence-corrected chi connectivity index (χ0v) is 12.3. The Morgan fingerprint density at radius 3 is 2.33 bits per heavy atom. The van der Waals surface area contributed by atoms with Crippen LogP contribution in [-0.4, -0.2) is 22.2 Å². The number of hydrogen-bond acceptors (Lipinski definition) is 3. The second-order valence-electron chi connectivity index (χ2n) is 4.42. The highest BCUT2D eigenvalue weighted by molar-refractivity contribution is 8.00. The van der Waals surface area contributed by atoms with E-state index in [4.69, 9.17) is 5.11 Å². The maximum atomic E-state index is 12.1. The summed E-state index contributed by atoms with van der Waals surface area (Å²) in [7, 11) is 0. The molecule has 0 fully saturated rings. The van der Waals surface area contributed by atoms with E-state index in [9.17, 15) is 9.59 Å². The number of rotatable bonds is 5. The predicted molar refractivity (Wildman–Crippen MR) is 83.8 cm³/mol. The van der Waals surface area contributed by atoms with Crippen molar-refractivity contribution in [2.75, 3.05) is 5.32 Å². The fraction of sp³-hybridized carbons (Fsp3) is 0.125. The monoisotopic (exact) mass is 301 g/mol. The SMILES string of the molecule is C[C@H](Sc1ccccc1C(=O)O)C(=O)Nc1ccccc1. The predicted octanol–water partition coefficient (Wildman–Crippen LogP) is 3.50. The fourth-order valence-electron chi connectivity index (χ4n) is 1.76. The van der Waals surface area contributed by atoms with Crippen molar-refractivity contribution in [3.63, 3.8) is 0 Å². The number of thioether (sulfide) groups is 1. The van der Waals surface area contributed by atoms with Crippen LogP contribution < -0.4 is 5.32 Å². The van der Waals surface area contributed by atoms with Gasteiger partial charge < -0.3 is 10.4 Å². The van der Waals surface area contributed by atoms with Gasteiger partial charge >= 0.3 is 5.97 Å². The standard InChI is InChI=1S/C16H15NO3S/c1-11(15(18)17-12-7-3-2-4-8-12)21-14-10-6-5-9-13(14)16(19)20/h2-11H,1H3,(H,17,18)(H,19,20)/t11-/m0/s1. The lowest BCUT2D eigenvalue weighted by molar-refractivity contribution is -0.115. The molecule has 0 aromatic heterocycles. The van der Waals surface area contributed by atoms with E-state index in [0.29, 0.717) is 4.90 Å². The number of benzene rings is 2. The van der Waals surface area contributed by atoms with E-state index < -0.39 is 11.2 Å². The van der Waals surface area contributed by atoms with Crippen molar-refractivity contribution in [2.24, 2.45) is 0 Å². The van der Waals surface area contributed by atoms with Gasteiger partial charge in [0, 0.05) is 10.6 Å². The molecule has 2 aromatic rings. The molecule has 21 heavy (non-hydrogen) atoms. The van der Waals surface area contributed by atoms with Gasteiger partial charge in [0.25, 0.3) is 0 Å². The molecule has 0 aliphatic carbocycles. The van der Waals surface area contributed by atoms with Gasteiger partial charge in [0.1, 0.15) is 0 Å². The van der Waals surface area contributed by atoms with Gasteiger partial charge in [0.05, 0.1) is 10.8 Å². The highest BCUT2D eigenvalue weighted by Crippen LogP contribution is 2.27. The Hall–Kier alpha value is -2.27. The second-order valence-corrected chi connectivity index (χ2v) is 5.80. The topological polar surface area (TPSA) is 66.4 Å². The first kappa shape index (κ1) is 15.1. The first-order chi connectivity index (χ1) is 10.1. The molecule has 0 aliphatic heterocycles. The highest BCUT2D eigenvalue weighted by atomic mass is 32.2. The lowest BCUT2D eigenvalue weighted by Crippen LogP contribution is -2.22. The summed E-state index contributed by atoms with van der Waals surface area (Å²) in [6.07, 6.45) is 0. The zero-order valence-electron chi connectivity index (χ0n) is 11.4. The molecule has 2 aromatic carbocycles. The normalized spacial score (nSPS) is 11.7. The van der Waals surface area contributed by atoms with Crippen molar-refractivity contribution in [3.8, 4) is 0 Å². The first-order valence-electron chi connectivity index (χ1n) is 6.43. The van der Waals surface area contributed by atoms with Gasteiger partial charge in [-0.2, -0.15) is 0 Å². The summed E-state index contributed by atoms with van der Waals surface area (Å²) in [4.78, 5) is 23.9. The van der Waals surface area contributed by atoms with Crippen LogP contribution in [0.4, 0.5) is 5.69 Å². The van der Waals surface area contributed by atoms with Crippen LogP contribution in [0.25, 0.3) is 0 Å². The summed E-state index contributed by atoms with van der Waals surface area (Å²) in [5.74, 6) is -1.15. The minimum absolute atomic E-state index is 0.161. The second kappa shape index (κ2) is 6.95. The van der Waals surface area contributed by atoms with Crippen LogP contribution in [0.15, 0.2) is 59.5 Å². The molecule has 0 bridgehead atoms. The van der Waals surface area contributed by atoms with Crippen LogP contribution in [0.5, 0.6) is 0 Å². The van der Waals surface area contributed by atoms with Crippen molar-refractivity contribution >= 4 is 29.3 Å². The summed E-state index contributed by atoms with van der Waals surface area (Å²) in [6.45, 7) is 1.75. The summed E-state index contributed by atoms with van der Waals surface area (Å²) < 4.78 is 0. The van der Waals surface area contributed by atoms with E-state index in [1.54, 1.807) is 37.3 Å². The van der Waals surface area contributed by atoms with Crippen LogP contribution in [0.1, 0.15) is 17.3 Å². The number of aromatic carboxylic acids is 1. The number of carboxylic acids is 1. The molecule has 108 valence electrons. The molecule has 2 rings (SSSR count). The Morgan fingerprint density at radius 2 is 1.67 bits per heavy atom. The molecule has 0 saturated carbocycles. The summed E-state index contributed by atoms with van der Waals surface area (Å²) >= 11 is 1.23. The smallest absolute Gasteiger partial charge is 0.336 e. The number of hydrogen-bond donors (Lipinski definition) is 2. The number of para-hydroxylation sites is 1. The Balaban J connectivity index is 2.06. The maximum absolute atomic E-state index is 12.1. The third kappa shape index (κ3) is 4.10. The van der Waals surface area contributed by atoms with Crippen molar-refractivity contribution < 1.29 is 14.7 Å². The molecule has 1 atom stereocenters. The number of carbonyl (C=O) groups is 2. The number of carbonyl (C=O) groups excluding carboxylic acids is 1. The van der Waals surface area contributed by atoms with Crippen molar-refractivity contribution in [2.45, 2.75) is 17.1 Å². The molecule has 0 spiro atoms. The number of amides is 1. The molecule has 0 unspecified atom stereocenters. The van der Waals surface area contributed by atoms with Crippen LogP contribution in [0, 0.1) is 0 Å². The van der Waals surface area contributed by atoms with E-state index in [-0.39, 0.29) is 11.5 Å². The Morgan fingerprint density at radius 1 is 1.05 bits per heavy atom. The number of carboxylic acid groups (broad SMARTS) is 1. The summed E-state index contributed by atoms with van der Waals surface area (Å²) in [5.41, 5.74) is 0.934. The van der Waals surface area contributed by atoms with Crippen molar-refractivity contribution in [1.82, 2.24) is 0 Å². The van der Waals surface area contributed by atoms with Gasteiger partial charge in [0.2, 0.25) is 5.91 Å². The zero-order chi connectivity index (χ0) is 15.2. The highest BCUT2D eigenvalue weighted by Gasteiger charge is 2.18. The molecule has 5 heteroatoms. The van der Waals surface area contributed by atoms with E-state index >= 15 is 0 Å². The molecule has 0 aliphatic rings. The number of nitrogens with one attached hydrogen (secondary N) is 1. The third-order valence-electron chi connectivity index (χ3n) is 2.83. The molecule has 4 nitrogen and oxygen atoms in total. The molecule has 1 amide bonds. The molecular weight excluding hydrogens is 286 g/mol. The summed E-state index contributed by atoms with van der Waals surface area (Å²) in [6, 6.07) is 15.8. The average molecular weight is 301 g/mol. The van der Waals surface area contributed by atoms with Crippen molar-refractivity contribution in [1.29, 1.82) is 0 Å². The third-order valence-corrected chi connectivity index (χ3v) is 4.01. The van der Waals surface area contributed by atoms with Crippen LogP contribution in [-0.2, 0) is 4.79 Å². The maximum Gasteiger partial charge on any atom is 0.336 e. The minimum atomic E-state index is -0.992. The number of anilines is 1. The molecule has 0 heterocycles. The molecule has 0 radical (unpaired) electrons. The Bertz CT molecular complexity index is 643. The van der Waals surface area contributed by atoms with Gasteiger partial charge in [-0.1, -0.05) is 30.3 Å². The molecular formula is C16H15NO3S. The Kier molecular flexibility index (Phi) is 5.00. The van der Waals surface area contributed by atoms with Crippen molar-refractivity contribution in [3.05, 3.63) is 60.2 Å². The van der Waals surface area contributed by atoms with E-state index in [2.05, 4.69) is 5.32 Å². The van der Waals surface area contributed by atoms with Gasteiger partial charge in [-0.15, -0.1) is 11.8 Å². The Labute approximate surface area is 127 Å².